The van der Waals surface area contributed by atoms with Gasteiger partial charge in [-0.2, -0.15) is 0 Å². The highest BCUT2D eigenvalue weighted by atomic mass is 16.5. The second-order valence-corrected chi connectivity index (χ2v) is 5.78. The maximum Gasteiger partial charge on any atom is 0.320 e. The Morgan fingerprint density at radius 2 is 2.05 bits per heavy atom. The predicted molar refractivity (Wildman–Crippen MR) is 73.5 cm³/mol. The first-order valence-corrected chi connectivity index (χ1v) is 7.38. The van der Waals surface area contributed by atoms with Gasteiger partial charge in [0.25, 0.3) is 0 Å². The van der Waals surface area contributed by atoms with E-state index in [1.54, 1.807) is 12.0 Å². The average molecular weight is 284 g/mol. The van der Waals surface area contributed by atoms with Crippen LogP contribution >= 0.6 is 0 Å². The number of carboxylic acids is 1. The molecular formula is C14H24N2O4. The maximum atomic E-state index is 12.6. The third kappa shape index (κ3) is 3.62. The van der Waals surface area contributed by atoms with E-state index in [2.05, 4.69) is 0 Å². The second-order valence-electron chi connectivity index (χ2n) is 5.78. The van der Waals surface area contributed by atoms with Gasteiger partial charge in [-0.3, -0.25) is 4.79 Å². The third-order valence-corrected chi connectivity index (χ3v) is 4.24. The van der Waals surface area contributed by atoms with Crippen LogP contribution in [0.4, 0.5) is 4.79 Å². The van der Waals surface area contributed by atoms with E-state index in [4.69, 9.17) is 9.84 Å². The van der Waals surface area contributed by atoms with Crippen LogP contribution < -0.4 is 0 Å². The Morgan fingerprint density at radius 1 is 1.25 bits per heavy atom. The summed E-state index contributed by atoms with van der Waals surface area (Å²) in [5.74, 6) is -0.417. The molecule has 0 spiro atoms. The Bertz CT molecular complexity index is 361. The topological polar surface area (TPSA) is 70.1 Å². The zero-order chi connectivity index (χ0) is 14.5. The number of nitrogens with zero attached hydrogens (tertiary/aromatic N) is 2. The number of piperidine rings is 1. The van der Waals surface area contributed by atoms with Crippen LogP contribution in [0.1, 0.15) is 32.1 Å². The molecule has 0 aromatic heterocycles. The Hall–Kier alpha value is -1.30. The van der Waals surface area contributed by atoms with E-state index in [0.29, 0.717) is 19.1 Å². The van der Waals surface area contributed by atoms with Gasteiger partial charge in [0.05, 0.1) is 13.0 Å². The van der Waals surface area contributed by atoms with Gasteiger partial charge < -0.3 is 19.6 Å². The highest BCUT2D eigenvalue weighted by Gasteiger charge is 2.34. The SMILES string of the molecule is COCC1CCN(C(=O)N2CCCCC2CC(=O)O)C1. The minimum Gasteiger partial charge on any atom is -0.481 e. The van der Waals surface area contributed by atoms with Gasteiger partial charge in [-0.25, -0.2) is 4.79 Å². The van der Waals surface area contributed by atoms with E-state index < -0.39 is 5.97 Å². The van der Waals surface area contributed by atoms with Crippen molar-refractivity contribution in [2.45, 2.75) is 38.1 Å². The minimum atomic E-state index is -0.826. The van der Waals surface area contributed by atoms with Gasteiger partial charge in [0.1, 0.15) is 0 Å². The third-order valence-electron chi connectivity index (χ3n) is 4.24. The lowest BCUT2D eigenvalue weighted by molar-refractivity contribution is -0.138. The van der Waals surface area contributed by atoms with Crippen molar-refractivity contribution >= 4 is 12.0 Å². The van der Waals surface area contributed by atoms with Crippen molar-refractivity contribution in [2.75, 3.05) is 33.4 Å². The molecule has 2 aliphatic rings. The zero-order valence-electron chi connectivity index (χ0n) is 12.1. The fraction of sp³-hybridized carbons (Fsp3) is 0.857. The number of ether oxygens (including phenoxy) is 1. The highest BCUT2D eigenvalue weighted by molar-refractivity contribution is 5.76. The first-order chi connectivity index (χ1) is 9.61. The number of carbonyl (C=O) groups excluding carboxylic acids is 1. The van der Waals surface area contributed by atoms with Crippen LogP contribution in [0.25, 0.3) is 0 Å². The largest absolute Gasteiger partial charge is 0.481 e. The summed E-state index contributed by atoms with van der Waals surface area (Å²) in [5, 5.41) is 8.97. The average Bonchev–Trinajstić information content (AvgIpc) is 2.87. The number of amides is 2. The summed E-state index contributed by atoms with van der Waals surface area (Å²) in [7, 11) is 1.68. The van der Waals surface area contributed by atoms with E-state index in [9.17, 15) is 9.59 Å². The molecular weight excluding hydrogens is 260 g/mol. The van der Waals surface area contributed by atoms with Crippen LogP contribution in [-0.2, 0) is 9.53 Å². The number of carbonyl (C=O) groups is 2. The molecule has 6 heteroatoms. The van der Waals surface area contributed by atoms with E-state index in [-0.39, 0.29) is 18.5 Å². The Labute approximate surface area is 119 Å². The lowest BCUT2D eigenvalue weighted by Gasteiger charge is -2.37. The normalized spacial score (nSPS) is 26.9. The molecule has 2 unspecified atom stereocenters. The number of rotatable bonds is 4. The number of urea groups is 1. The van der Waals surface area contributed by atoms with Crippen LogP contribution in [0.5, 0.6) is 0 Å². The molecule has 0 aromatic rings. The Morgan fingerprint density at radius 3 is 2.75 bits per heavy atom. The van der Waals surface area contributed by atoms with Crippen molar-refractivity contribution in [1.29, 1.82) is 0 Å². The minimum absolute atomic E-state index is 0.00885. The van der Waals surface area contributed by atoms with E-state index in [0.717, 1.165) is 38.8 Å². The number of likely N-dealkylation sites (tertiary alicyclic amines) is 2. The Balaban J connectivity index is 1.94. The standard InChI is InChI=1S/C14H24N2O4/c1-20-10-11-5-7-15(9-11)14(19)16-6-3-2-4-12(16)8-13(17)18/h11-12H,2-10H2,1H3,(H,17,18). The molecule has 2 rings (SSSR count). The van der Waals surface area contributed by atoms with Crippen molar-refractivity contribution in [3.05, 3.63) is 0 Å². The second kappa shape index (κ2) is 6.92. The number of methoxy groups -OCH3 is 1. The molecule has 1 N–H and O–H groups in total. The van der Waals surface area contributed by atoms with Gasteiger partial charge in [0, 0.05) is 38.7 Å². The summed E-state index contributed by atoms with van der Waals surface area (Å²) in [4.78, 5) is 27.1. The molecule has 0 aromatic carbocycles. The van der Waals surface area contributed by atoms with Crippen LogP contribution in [-0.4, -0.2) is 66.3 Å². The van der Waals surface area contributed by atoms with Crippen molar-refractivity contribution in [2.24, 2.45) is 5.92 Å². The summed E-state index contributed by atoms with van der Waals surface area (Å²) < 4.78 is 5.14. The summed E-state index contributed by atoms with van der Waals surface area (Å²) in [6.07, 6.45) is 3.80. The number of hydrogen-bond acceptors (Lipinski definition) is 3. The molecule has 2 atom stereocenters. The van der Waals surface area contributed by atoms with Crippen LogP contribution in [0.2, 0.25) is 0 Å². The van der Waals surface area contributed by atoms with Crippen molar-refractivity contribution in [3.63, 3.8) is 0 Å². The molecule has 114 valence electrons. The molecule has 0 aliphatic carbocycles. The van der Waals surface area contributed by atoms with Crippen LogP contribution in [0.15, 0.2) is 0 Å². The number of carboxylic acid groups (broad SMARTS) is 1. The lowest BCUT2D eigenvalue weighted by Crippen LogP contribution is -2.50. The summed E-state index contributed by atoms with van der Waals surface area (Å²) in [5.41, 5.74) is 0. The van der Waals surface area contributed by atoms with Crippen molar-refractivity contribution in [1.82, 2.24) is 9.80 Å². The van der Waals surface area contributed by atoms with E-state index in [1.807, 2.05) is 4.90 Å². The molecule has 0 radical (unpaired) electrons. The first kappa shape index (κ1) is 15.1. The monoisotopic (exact) mass is 284 g/mol. The smallest absolute Gasteiger partial charge is 0.320 e. The fourth-order valence-corrected chi connectivity index (χ4v) is 3.23. The molecule has 0 bridgehead atoms. The zero-order valence-corrected chi connectivity index (χ0v) is 12.1. The van der Waals surface area contributed by atoms with Crippen molar-refractivity contribution in [3.8, 4) is 0 Å². The molecule has 2 heterocycles. The molecule has 0 saturated carbocycles. The van der Waals surface area contributed by atoms with Crippen molar-refractivity contribution < 1.29 is 19.4 Å². The predicted octanol–water partition coefficient (Wildman–Crippen LogP) is 1.40. The van der Waals surface area contributed by atoms with Gasteiger partial charge in [0.2, 0.25) is 0 Å². The molecule has 2 aliphatic heterocycles. The van der Waals surface area contributed by atoms with Crippen LogP contribution in [0, 0.1) is 5.92 Å². The fourth-order valence-electron chi connectivity index (χ4n) is 3.23. The van der Waals surface area contributed by atoms with Gasteiger partial charge in [-0.15, -0.1) is 0 Å². The summed E-state index contributed by atoms with van der Waals surface area (Å²) in [6, 6.07) is -0.134. The van der Waals surface area contributed by atoms with E-state index in [1.165, 1.54) is 0 Å². The van der Waals surface area contributed by atoms with Crippen LogP contribution in [0.3, 0.4) is 0 Å². The van der Waals surface area contributed by atoms with Gasteiger partial charge in [-0.1, -0.05) is 0 Å². The summed E-state index contributed by atoms with van der Waals surface area (Å²) in [6.45, 7) is 2.84. The molecule has 2 fully saturated rings. The Kier molecular flexibility index (Phi) is 5.23. The van der Waals surface area contributed by atoms with Gasteiger partial charge >= 0.3 is 12.0 Å². The van der Waals surface area contributed by atoms with Gasteiger partial charge in [-0.05, 0) is 25.7 Å². The molecule has 20 heavy (non-hydrogen) atoms. The van der Waals surface area contributed by atoms with Gasteiger partial charge in [0.15, 0.2) is 0 Å². The quantitative estimate of drug-likeness (QED) is 0.847. The molecule has 2 amide bonds. The highest BCUT2D eigenvalue weighted by Crippen LogP contribution is 2.24. The molecule has 2 saturated heterocycles. The number of aliphatic carboxylic acids is 1. The molecule has 6 nitrogen and oxygen atoms in total. The summed E-state index contributed by atoms with van der Waals surface area (Å²) >= 11 is 0. The first-order valence-electron chi connectivity index (χ1n) is 7.38. The lowest BCUT2D eigenvalue weighted by atomic mass is 10.00. The number of hydrogen-bond donors (Lipinski definition) is 1. The maximum absolute atomic E-state index is 12.6. The van der Waals surface area contributed by atoms with E-state index >= 15 is 0 Å².